The number of methoxy groups -OCH3 is 1. The van der Waals surface area contributed by atoms with E-state index in [0.717, 1.165) is 11.5 Å². The Labute approximate surface area is 129 Å². The number of carbonyl (C=O) groups excluding carboxylic acids is 1. The molecule has 2 N–H and O–H groups in total. The van der Waals surface area contributed by atoms with Crippen LogP contribution in [0.2, 0.25) is 0 Å². The van der Waals surface area contributed by atoms with Crippen LogP contribution in [0.5, 0.6) is 11.5 Å². The third-order valence-corrected chi connectivity index (χ3v) is 3.81. The highest BCUT2D eigenvalue weighted by molar-refractivity contribution is 5.80. The molecular weight excluding hydrogens is 286 g/mol. The zero-order valence-electron chi connectivity index (χ0n) is 12.6. The van der Waals surface area contributed by atoms with E-state index in [4.69, 9.17) is 14.6 Å². The third-order valence-electron chi connectivity index (χ3n) is 3.81. The van der Waals surface area contributed by atoms with Crippen molar-refractivity contribution in [2.45, 2.75) is 25.7 Å². The van der Waals surface area contributed by atoms with Crippen molar-refractivity contribution in [1.29, 1.82) is 0 Å². The van der Waals surface area contributed by atoms with Crippen LogP contribution in [-0.4, -0.2) is 37.2 Å². The van der Waals surface area contributed by atoms with Gasteiger partial charge in [0.05, 0.1) is 19.1 Å². The van der Waals surface area contributed by atoms with E-state index >= 15 is 0 Å². The lowest BCUT2D eigenvalue weighted by atomic mass is 10.1. The standard InChI is InChI=1S/C16H21NO5/c1-21-12-4-6-13(7-5-12)22-10-2-3-14(18)17-11-16(8-9-16)15(19)20/h4-7H,2-3,8-11H2,1H3,(H,17,18)(H,19,20). The van der Waals surface area contributed by atoms with Gasteiger partial charge in [-0.15, -0.1) is 0 Å². The second-order valence-electron chi connectivity index (χ2n) is 5.49. The fourth-order valence-electron chi connectivity index (χ4n) is 2.07. The van der Waals surface area contributed by atoms with Crippen LogP contribution in [0.4, 0.5) is 0 Å². The van der Waals surface area contributed by atoms with Gasteiger partial charge in [-0.1, -0.05) is 0 Å². The minimum Gasteiger partial charge on any atom is -0.497 e. The lowest BCUT2D eigenvalue weighted by Crippen LogP contribution is -2.34. The van der Waals surface area contributed by atoms with Gasteiger partial charge in [0.15, 0.2) is 0 Å². The first-order valence-electron chi connectivity index (χ1n) is 7.33. The highest BCUT2D eigenvalue weighted by Crippen LogP contribution is 2.45. The Hall–Kier alpha value is -2.24. The van der Waals surface area contributed by atoms with Crippen LogP contribution in [0.15, 0.2) is 24.3 Å². The van der Waals surface area contributed by atoms with Gasteiger partial charge < -0.3 is 19.9 Å². The molecule has 1 saturated carbocycles. The van der Waals surface area contributed by atoms with E-state index in [2.05, 4.69) is 5.32 Å². The molecule has 0 aliphatic heterocycles. The van der Waals surface area contributed by atoms with Crippen molar-refractivity contribution in [1.82, 2.24) is 5.32 Å². The van der Waals surface area contributed by atoms with Crippen molar-refractivity contribution in [3.05, 3.63) is 24.3 Å². The van der Waals surface area contributed by atoms with Crippen LogP contribution in [0.3, 0.4) is 0 Å². The van der Waals surface area contributed by atoms with Gasteiger partial charge in [-0.2, -0.15) is 0 Å². The molecule has 0 heterocycles. The highest BCUT2D eigenvalue weighted by Gasteiger charge is 2.50. The molecular formula is C16H21NO5. The van der Waals surface area contributed by atoms with Crippen molar-refractivity contribution in [3.63, 3.8) is 0 Å². The topological polar surface area (TPSA) is 84.9 Å². The van der Waals surface area contributed by atoms with E-state index < -0.39 is 11.4 Å². The van der Waals surface area contributed by atoms with Gasteiger partial charge in [0.2, 0.25) is 5.91 Å². The molecule has 0 aromatic heterocycles. The molecule has 6 nitrogen and oxygen atoms in total. The molecule has 0 radical (unpaired) electrons. The van der Waals surface area contributed by atoms with E-state index in [1.54, 1.807) is 7.11 Å². The average molecular weight is 307 g/mol. The van der Waals surface area contributed by atoms with Crippen molar-refractivity contribution < 1.29 is 24.2 Å². The first kappa shape index (κ1) is 16.1. The zero-order valence-corrected chi connectivity index (χ0v) is 12.6. The summed E-state index contributed by atoms with van der Waals surface area (Å²) in [6, 6.07) is 7.23. The van der Waals surface area contributed by atoms with Crippen LogP contribution in [0.25, 0.3) is 0 Å². The molecule has 0 unspecified atom stereocenters. The maximum Gasteiger partial charge on any atom is 0.311 e. The molecule has 0 saturated heterocycles. The summed E-state index contributed by atoms with van der Waals surface area (Å²) in [6.45, 7) is 0.657. The molecule has 1 aliphatic carbocycles. The Bertz CT molecular complexity index is 522. The van der Waals surface area contributed by atoms with Crippen molar-refractivity contribution in [2.24, 2.45) is 5.41 Å². The van der Waals surface area contributed by atoms with E-state index in [0.29, 0.717) is 32.3 Å². The molecule has 22 heavy (non-hydrogen) atoms. The van der Waals surface area contributed by atoms with Crippen molar-refractivity contribution in [2.75, 3.05) is 20.3 Å². The number of carboxylic acids is 1. The predicted octanol–water partition coefficient (Wildman–Crippen LogP) is 1.84. The summed E-state index contributed by atoms with van der Waals surface area (Å²) in [5.41, 5.74) is -0.713. The smallest absolute Gasteiger partial charge is 0.311 e. The van der Waals surface area contributed by atoms with Crippen molar-refractivity contribution in [3.8, 4) is 11.5 Å². The van der Waals surface area contributed by atoms with Gasteiger partial charge >= 0.3 is 5.97 Å². The number of carbonyl (C=O) groups is 2. The number of carboxylic acid groups (broad SMARTS) is 1. The molecule has 1 aliphatic rings. The molecule has 0 atom stereocenters. The number of aliphatic carboxylic acids is 1. The fourth-order valence-corrected chi connectivity index (χ4v) is 2.07. The minimum absolute atomic E-state index is 0.133. The number of hydrogen-bond donors (Lipinski definition) is 2. The van der Waals surface area contributed by atoms with Gasteiger partial charge in [-0.05, 0) is 43.5 Å². The third kappa shape index (κ3) is 4.38. The number of amides is 1. The van der Waals surface area contributed by atoms with E-state index in [1.807, 2.05) is 24.3 Å². The Balaban J connectivity index is 1.59. The Morgan fingerprint density at radius 3 is 2.41 bits per heavy atom. The molecule has 2 rings (SSSR count). The first-order chi connectivity index (χ1) is 10.6. The minimum atomic E-state index is -0.823. The van der Waals surface area contributed by atoms with Crippen LogP contribution < -0.4 is 14.8 Å². The molecule has 6 heteroatoms. The van der Waals surface area contributed by atoms with Gasteiger partial charge in [0, 0.05) is 13.0 Å². The summed E-state index contributed by atoms with van der Waals surface area (Å²) in [6.07, 6.45) is 2.19. The molecule has 1 fully saturated rings. The summed E-state index contributed by atoms with van der Waals surface area (Å²) in [7, 11) is 1.60. The maximum atomic E-state index is 11.7. The Morgan fingerprint density at radius 2 is 1.86 bits per heavy atom. The van der Waals surface area contributed by atoms with Gasteiger partial charge in [0.25, 0.3) is 0 Å². The van der Waals surface area contributed by atoms with E-state index in [1.165, 1.54) is 0 Å². The van der Waals surface area contributed by atoms with E-state index in [9.17, 15) is 9.59 Å². The normalized spacial score (nSPS) is 15.0. The summed E-state index contributed by atoms with van der Waals surface area (Å²) in [5, 5.41) is 11.7. The number of benzene rings is 1. The van der Waals surface area contributed by atoms with Gasteiger partial charge in [0.1, 0.15) is 11.5 Å². The van der Waals surface area contributed by atoms with Crippen molar-refractivity contribution >= 4 is 11.9 Å². The summed E-state index contributed by atoms with van der Waals surface area (Å²) in [5.74, 6) is 0.532. The lowest BCUT2D eigenvalue weighted by Gasteiger charge is -2.11. The lowest BCUT2D eigenvalue weighted by molar-refractivity contribution is -0.143. The van der Waals surface area contributed by atoms with Crippen LogP contribution in [-0.2, 0) is 9.59 Å². The number of hydrogen-bond acceptors (Lipinski definition) is 4. The number of rotatable bonds is 9. The molecule has 0 bridgehead atoms. The van der Waals surface area contributed by atoms with E-state index in [-0.39, 0.29) is 12.5 Å². The quantitative estimate of drug-likeness (QED) is 0.680. The SMILES string of the molecule is COc1ccc(OCCCC(=O)NCC2(C(=O)O)CC2)cc1. The highest BCUT2D eigenvalue weighted by atomic mass is 16.5. The predicted molar refractivity (Wildman–Crippen MR) is 80.0 cm³/mol. The maximum absolute atomic E-state index is 11.7. The summed E-state index contributed by atoms with van der Waals surface area (Å²) >= 11 is 0. The molecule has 1 aromatic carbocycles. The van der Waals surface area contributed by atoms with Gasteiger partial charge in [-0.3, -0.25) is 9.59 Å². The Kier molecular flexibility index (Phi) is 5.25. The molecule has 1 amide bonds. The van der Waals surface area contributed by atoms with Gasteiger partial charge in [-0.25, -0.2) is 0 Å². The number of ether oxygens (including phenoxy) is 2. The second kappa shape index (κ2) is 7.15. The zero-order chi connectivity index (χ0) is 16.0. The molecule has 1 aromatic rings. The molecule has 120 valence electrons. The summed E-state index contributed by atoms with van der Waals surface area (Å²) in [4.78, 5) is 22.6. The average Bonchev–Trinajstić information content (AvgIpc) is 3.31. The first-order valence-corrected chi connectivity index (χ1v) is 7.33. The monoisotopic (exact) mass is 307 g/mol. The second-order valence-corrected chi connectivity index (χ2v) is 5.49. The fraction of sp³-hybridized carbons (Fsp3) is 0.500. The molecule has 0 spiro atoms. The van der Waals surface area contributed by atoms with Crippen LogP contribution >= 0.6 is 0 Å². The number of nitrogens with one attached hydrogen (secondary N) is 1. The van der Waals surface area contributed by atoms with Crippen LogP contribution in [0.1, 0.15) is 25.7 Å². The Morgan fingerprint density at radius 1 is 1.23 bits per heavy atom. The summed E-state index contributed by atoms with van der Waals surface area (Å²) < 4.78 is 10.6. The van der Waals surface area contributed by atoms with Crippen LogP contribution in [0, 0.1) is 5.41 Å². The largest absolute Gasteiger partial charge is 0.497 e.